The number of nitrogens with one attached hydrogen (secondary N) is 3. The Morgan fingerprint density at radius 2 is 1.56 bits per heavy atom. The minimum Gasteiger partial charge on any atom is -0.457 e. The second kappa shape index (κ2) is 18.4. The molecule has 4 N–H and O–H groups in total. The summed E-state index contributed by atoms with van der Waals surface area (Å²) in [5, 5.41) is 17.0. The number of ether oxygens (including phenoxy) is 3. The zero-order valence-electron chi connectivity index (χ0n) is 28.1. The van der Waals surface area contributed by atoms with Crippen LogP contribution in [-0.2, 0) is 9.57 Å². The summed E-state index contributed by atoms with van der Waals surface area (Å²) in [5.74, 6) is 1.15. The molecule has 260 valence electrons. The fourth-order valence-corrected chi connectivity index (χ4v) is 5.69. The van der Waals surface area contributed by atoms with Crippen LogP contribution in [0.25, 0.3) is 0 Å². The summed E-state index contributed by atoms with van der Waals surface area (Å²) in [6, 6.07) is 16.5. The number of rotatable bonds is 17. The van der Waals surface area contributed by atoms with Crippen LogP contribution < -0.4 is 25.6 Å². The first-order valence-corrected chi connectivity index (χ1v) is 16.9. The fourth-order valence-electron chi connectivity index (χ4n) is 5.69. The van der Waals surface area contributed by atoms with Gasteiger partial charge in [-0.2, -0.15) is 0 Å². The Morgan fingerprint density at radius 1 is 0.917 bits per heavy atom. The van der Waals surface area contributed by atoms with Gasteiger partial charge in [-0.3, -0.25) is 4.79 Å². The van der Waals surface area contributed by atoms with Gasteiger partial charge < -0.3 is 30.0 Å². The quantitative estimate of drug-likeness (QED) is 0.107. The maximum Gasteiger partial charge on any atom is 0.319 e. The molecule has 10 nitrogen and oxygen atoms in total. The molecule has 3 aromatic carbocycles. The van der Waals surface area contributed by atoms with Crippen molar-refractivity contribution in [3.63, 3.8) is 0 Å². The molecular weight excluding hydrogens is 617 g/mol. The van der Waals surface area contributed by atoms with Gasteiger partial charge in [-0.25, -0.2) is 19.5 Å². The van der Waals surface area contributed by atoms with E-state index in [0.717, 1.165) is 38.5 Å². The van der Waals surface area contributed by atoms with Crippen molar-refractivity contribution < 1.29 is 38.1 Å². The van der Waals surface area contributed by atoms with Crippen molar-refractivity contribution in [2.24, 2.45) is 5.92 Å². The zero-order valence-corrected chi connectivity index (χ0v) is 28.1. The summed E-state index contributed by atoms with van der Waals surface area (Å²) in [7, 11) is 0. The van der Waals surface area contributed by atoms with Gasteiger partial charge in [0.05, 0.1) is 5.60 Å². The van der Waals surface area contributed by atoms with Crippen LogP contribution in [0.5, 0.6) is 23.0 Å². The molecule has 2 atom stereocenters. The number of hydrogen-bond acceptors (Lipinski definition) is 7. The van der Waals surface area contributed by atoms with E-state index < -0.39 is 29.6 Å². The molecule has 4 rings (SSSR count). The Labute approximate surface area is 282 Å². The maximum atomic E-state index is 13.5. The number of carbonyl (C=O) groups excluding carboxylic acids is 2. The summed E-state index contributed by atoms with van der Waals surface area (Å²) >= 11 is 0. The lowest BCUT2D eigenvalue weighted by molar-refractivity contribution is -0.186. The van der Waals surface area contributed by atoms with Crippen molar-refractivity contribution >= 4 is 17.6 Å². The van der Waals surface area contributed by atoms with Crippen LogP contribution in [0, 0.1) is 11.7 Å². The molecule has 1 saturated heterocycles. The molecule has 3 amide bonds. The van der Waals surface area contributed by atoms with Crippen molar-refractivity contribution in [3.05, 3.63) is 78.1 Å². The third-order valence-corrected chi connectivity index (χ3v) is 8.38. The highest BCUT2D eigenvalue weighted by atomic mass is 19.1. The average Bonchev–Trinajstić information content (AvgIpc) is 3.08. The van der Waals surface area contributed by atoms with E-state index in [1.165, 1.54) is 24.3 Å². The zero-order chi connectivity index (χ0) is 34.4. The second-order valence-corrected chi connectivity index (χ2v) is 12.2. The molecule has 3 aromatic rings. The molecule has 0 aromatic heterocycles. The molecule has 1 fully saturated rings. The molecule has 0 aliphatic carbocycles. The lowest BCUT2D eigenvalue weighted by Crippen LogP contribution is -2.38. The molecule has 1 aliphatic rings. The van der Waals surface area contributed by atoms with Gasteiger partial charge in [0, 0.05) is 49.0 Å². The Balaban J connectivity index is 1.41. The lowest BCUT2D eigenvalue weighted by atomic mass is 9.82. The van der Waals surface area contributed by atoms with Crippen LogP contribution in [0.4, 0.5) is 14.9 Å². The fraction of sp³-hybridized carbons (Fsp3) is 0.459. The summed E-state index contributed by atoms with van der Waals surface area (Å²) in [6.45, 7) is 7.23. The molecule has 2 unspecified atom stereocenters. The third-order valence-electron chi connectivity index (χ3n) is 8.38. The Kier molecular flexibility index (Phi) is 14.0. The van der Waals surface area contributed by atoms with Gasteiger partial charge in [-0.1, -0.05) is 40.0 Å². The highest BCUT2D eigenvalue weighted by Gasteiger charge is 2.28. The number of aliphatic hydroxyl groups is 1. The van der Waals surface area contributed by atoms with Gasteiger partial charge in [0.1, 0.15) is 28.8 Å². The number of carbonyl (C=O) groups is 2. The number of anilines is 1. The van der Waals surface area contributed by atoms with E-state index in [9.17, 15) is 19.1 Å². The van der Waals surface area contributed by atoms with E-state index in [2.05, 4.69) is 30.0 Å². The highest BCUT2D eigenvalue weighted by molar-refractivity contribution is 5.93. The minimum absolute atomic E-state index is 0.302. The van der Waals surface area contributed by atoms with Gasteiger partial charge in [0.15, 0.2) is 6.29 Å². The third kappa shape index (κ3) is 11.8. The smallest absolute Gasteiger partial charge is 0.319 e. The summed E-state index contributed by atoms with van der Waals surface area (Å²) in [5.41, 5.74) is 2.36. The van der Waals surface area contributed by atoms with Crippen molar-refractivity contribution in [2.75, 3.05) is 18.5 Å². The minimum atomic E-state index is -0.838. The maximum absolute atomic E-state index is 13.5. The SMILES string of the molecule is CCCC(O)(CCNC(=O)Nc1cc(Oc2ccc(F)cc2)cc(Oc2ccc(C(=O)NOC3CCCCO3)cc2)c1)CC(CC)CC. The topological polar surface area (TPSA) is 127 Å². The van der Waals surface area contributed by atoms with E-state index in [-0.39, 0.29) is 0 Å². The van der Waals surface area contributed by atoms with Crippen LogP contribution >= 0.6 is 0 Å². The predicted octanol–water partition coefficient (Wildman–Crippen LogP) is 8.47. The summed E-state index contributed by atoms with van der Waals surface area (Å²) in [4.78, 5) is 30.9. The first-order chi connectivity index (χ1) is 23.2. The molecule has 48 heavy (non-hydrogen) atoms. The molecule has 0 bridgehead atoms. The van der Waals surface area contributed by atoms with Gasteiger partial charge in [-0.15, -0.1) is 0 Å². The van der Waals surface area contributed by atoms with E-state index in [1.807, 2.05) is 6.92 Å². The second-order valence-electron chi connectivity index (χ2n) is 12.2. The van der Waals surface area contributed by atoms with E-state index in [4.69, 9.17) is 19.0 Å². The summed E-state index contributed by atoms with van der Waals surface area (Å²) < 4.78 is 31.0. The molecule has 0 saturated carbocycles. The van der Waals surface area contributed by atoms with Crippen LogP contribution in [-0.4, -0.2) is 42.1 Å². The predicted molar refractivity (Wildman–Crippen MR) is 182 cm³/mol. The van der Waals surface area contributed by atoms with Crippen molar-refractivity contribution in [1.82, 2.24) is 10.8 Å². The van der Waals surface area contributed by atoms with Crippen LogP contribution in [0.1, 0.15) is 88.9 Å². The van der Waals surface area contributed by atoms with Gasteiger partial charge in [0.25, 0.3) is 5.91 Å². The van der Waals surface area contributed by atoms with Gasteiger partial charge in [0.2, 0.25) is 0 Å². The number of amides is 3. The monoisotopic (exact) mass is 665 g/mol. The highest BCUT2D eigenvalue weighted by Crippen LogP contribution is 2.33. The number of benzene rings is 3. The molecular formula is C37H48FN3O7. The molecule has 0 radical (unpaired) electrons. The number of urea groups is 1. The standard InChI is InChI=1S/C37H48FN3O7/c1-4-18-37(44,25-26(5-2)6-3)19-20-39-36(43)40-29-22-32(24-33(23-29)47-31-16-12-28(38)13-17-31)46-30-14-10-27(11-15-30)35(42)41-48-34-9-7-8-21-45-34/h10-17,22-24,26,34,44H,4-9,18-21,25H2,1-3H3,(H,41,42)(H2,39,40,43). The normalized spacial score (nSPS) is 15.8. The lowest BCUT2D eigenvalue weighted by Gasteiger charge is -2.31. The first kappa shape index (κ1) is 36.6. The molecule has 1 aliphatic heterocycles. The van der Waals surface area contributed by atoms with E-state index in [0.29, 0.717) is 72.6 Å². The number of hydroxylamine groups is 1. The van der Waals surface area contributed by atoms with Crippen LogP contribution in [0.2, 0.25) is 0 Å². The van der Waals surface area contributed by atoms with E-state index >= 15 is 0 Å². The van der Waals surface area contributed by atoms with Gasteiger partial charge in [-0.05, 0) is 86.6 Å². The van der Waals surface area contributed by atoms with E-state index in [1.54, 1.807) is 42.5 Å². The first-order valence-electron chi connectivity index (χ1n) is 16.9. The Morgan fingerprint density at radius 3 is 2.15 bits per heavy atom. The van der Waals surface area contributed by atoms with Crippen molar-refractivity contribution in [3.8, 4) is 23.0 Å². The summed E-state index contributed by atoms with van der Waals surface area (Å²) in [6.07, 6.45) is 6.90. The molecule has 11 heteroatoms. The van der Waals surface area contributed by atoms with Gasteiger partial charge >= 0.3 is 6.03 Å². The van der Waals surface area contributed by atoms with Crippen molar-refractivity contribution in [2.45, 2.75) is 90.4 Å². The number of hydrogen-bond donors (Lipinski definition) is 4. The Hall–Kier alpha value is -4.19. The van der Waals surface area contributed by atoms with Crippen LogP contribution in [0.3, 0.4) is 0 Å². The van der Waals surface area contributed by atoms with Crippen molar-refractivity contribution in [1.29, 1.82) is 0 Å². The Bertz CT molecular complexity index is 1440. The van der Waals surface area contributed by atoms with Crippen LogP contribution in [0.15, 0.2) is 66.7 Å². The largest absolute Gasteiger partial charge is 0.457 e. The average molecular weight is 666 g/mol. The molecule has 0 spiro atoms. The molecule has 1 heterocycles. The number of halogens is 1.